The summed E-state index contributed by atoms with van der Waals surface area (Å²) in [6.07, 6.45) is 2.54. The summed E-state index contributed by atoms with van der Waals surface area (Å²) in [5, 5.41) is 8.55. The third kappa shape index (κ3) is 4.12. The molecule has 0 bridgehead atoms. The normalized spacial score (nSPS) is 9.85. The van der Waals surface area contributed by atoms with Crippen LogP contribution in [0.3, 0.4) is 0 Å². The molecule has 1 heterocycles. The van der Waals surface area contributed by atoms with Crippen LogP contribution in [0, 0.1) is 11.3 Å². The van der Waals surface area contributed by atoms with Gasteiger partial charge in [0.2, 0.25) is 0 Å². The first-order valence-corrected chi connectivity index (χ1v) is 6.55. The number of aromatic nitrogens is 1. The van der Waals surface area contributed by atoms with Gasteiger partial charge in [0.25, 0.3) is 0 Å². The van der Waals surface area contributed by atoms with Crippen molar-refractivity contribution in [1.82, 2.24) is 4.57 Å². The molecule has 1 aromatic rings. The SMILES string of the molecule is CCOC(=O)c1cc(C(=O)OCC)n(CCCC#N)c1. The van der Waals surface area contributed by atoms with Gasteiger partial charge in [0.15, 0.2) is 0 Å². The van der Waals surface area contributed by atoms with Gasteiger partial charge in [-0.05, 0) is 26.3 Å². The molecular formula is C14H18N2O4. The molecule has 0 aliphatic heterocycles. The number of nitriles is 1. The average molecular weight is 278 g/mol. The highest BCUT2D eigenvalue weighted by molar-refractivity contribution is 5.95. The van der Waals surface area contributed by atoms with Crippen LogP contribution in [0.5, 0.6) is 0 Å². The smallest absolute Gasteiger partial charge is 0.354 e. The van der Waals surface area contributed by atoms with E-state index in [2.05, 4.69) is 0 Å². The van der Waals surface area contributed by atoms with Crippen molar-refractivity contribution in [3.05, 3.63) is 23.5 Å². The molecule has 0 aromatic carbocycles. The van der Waals surface area contributed by atoms with E-state index in [0.717, 1.165) is 0 Å². The molecule has 1 rings (SSSR count). The Bertz CT molecular complexity index is 514. The van der Waals surface area contributed by atoms with Gasteiger partial charge in [0.05, 0.1) is 24.8 Å². The first-order valence-electron chi connectivity index (χ1n) is 6.55. The maximum Gasteiger partial charge on any atom is 0.354 e. The molecule has 1 aromatic heterocycles. The fraction of sp³-hybridized carbons (Fsp3) is 0.500. The average Bonchev–Trinajstić information content (AvgIpc) is 2.84. The van der Waals surface area contributed by atoms with Crippen LogP contribution in [0.2, 0.25) is 0 Å². The number of hydrogen-bond donors (Lipinski definition) is 0. The summed E-state index contributed by atoms with van der Waals surface area (Å²) in [6, 6.07) is 3.50. The van der Waals surface area contributed by atoms with E-state index in [9.17, 15) is 9.59 Å². The van der Waals surface area contributed by atoms with Gasteiger partial charge in [-0.1, -0.05) is 0 Å². The Morgan fingerprint density at radius 1 is 1.25 bits per heavy atom. The summed E-state index contributed by atoms with van der Waals surface area (Å²) < 4.78 is 11.5. The molecule has 0 aliphatic rings. The van der Waals surface area contributed by atoms with Crippen molar-refractivity contribution in [2.24, 2.45) is 0 Å². The predicted molar refractivity (Wildman–Crippen MR) is 71.2 cm³/mol. The lowest BCUT2D eigenvalue weighted by Crippen LogP contribution is -2.11. The van der Waals surface area contributed by atoms with E-state index in [1.165, 1.54) is 6.07 Å². The largest absolute Gasteiger partial charge is 0.462 e. The van der Waals surface area contributed by atoms with Crippen molar-refractivity contribution < 1.29 is 19.1 Å². The van der Waals surface area contributed by atoms with E-state index in [1.54, 1.807) is 24.6 Å². The van der Waals surface area contributed by atoms with Gasteiger partial charge >= 0.3 is 11.9 Å². The van der Waals surface area contributed by atoms with E-state index >= 15 is 0 Å². The van der Waals surface area contributed by atoms with Crippen molar-refractivity contribution in [1.29, 1.82) is 5.26 Å². The lowest BCUT2D eigenvalue weighted by molar-refractivity contribution is 0.0512. The number of carbonyl (C=O) groups excluding carboxylic acids is 2. The summed E-state index contributed by atoms with van der Waals surface area (Å²) >= 11 is 0. The van der Waals surface area contributed by atoms with Gasteiger partial charge in [-0.3, -0.25) is 0 Å². The summed E-state index contributed by atoms with van der Waals surface area (Å²) in [4.78, 5) is 23.5. The number of ether oxygens (including phenoxy) is 2. The molecule has 6 heteroatoms. The Morgan fingerprint density at radius 3 is 2.50 bits per heavy atom. The lowest BCUT2D eigenvalue weighted by Gasteiger charge is -2.06. The molecule has 20 heavy (non-hydrogen) atoms. The molecule has 0 unspecified atom stereocenters. The molecule has 0 saturated carbocycles. The number of aryl methyl sites for hydroxylation is 1. The zero-order chi connectivity index (χ0) is 15.0. The zero-order valence-electron chi connectivity index (χ0n) is 11.7. The van der Waals surface area contributed by atoms with E-state index in [-0.39, 0.29) is 13.2 Å². The van der Waals surface area contributed by atoms with Crippen LogP contribution in [0.4, 0.5) is 0 Å². The third-order valence-electron chi connectivity index (χ3n) is 2.58. The fourth-order valence-corrected chi connectivity index (χ4v) is 1.73. The van der Waals surface area contributed by atoms with Crippen LogP contribution in [0.25, 0.3) is 0 Å². The van der Waals surface area contributed by atoms with Crippen LogP contribution in [-0.4, -0.2) is 29.7 Å². The number of nitrogens with zero attached hydrogens (tertiary/aromatic N) is 2. The Morgan fingerprint density at radius 2 is 1.90 bits per heavy atom. The van der Waals surface area contributed by atoms with E-state index < -0.39 is 11.9 Å². The Hall–Kier alpha value is -2.29. The van der Waals surface area contributed by atoms with Crippen molar-refractivity contribution in [2.75, 3.05) is 13.2 Å². The van der Waals surface area contributed by atoms with Crippen LogP contribution >= 0.6 is 0 Å². The number of esters is 2. The molecule has 0 N–H and O–H groups in total. The van der Waals surface area contributed by atoms with Crippen LogP contribution in [0.15, 0.2) is 12.3 Å². The van der Waals surface area contributed by atoms with E-state index in [4.69, 9.17) is 14.7 Å². The van der Waals surface area contributed by atoms with Gasteiger partial charge in [-0.15, -0.1) is 0 Å². The highest BCUT2D eigenvalue weighted by atomic mass is 16.5. The molecule has 0 spiro atoms. The molecular weight excluding hydrogens is 260 g/mol. The second-order valence-corrected chi connectivity index (χ2v) is 4.01. The van der Waals surface area contributed by atoms with E-state index in [1.807, 2.05) is 6.07 Å². The van der Waals surface area contributed by atoms with Gasteiger partial charge < -0.3 is 14.0 Å². The van der Waals surface area contributed by atoms with Crippen LogP contribution in [-0.2, 0) is 16.0 Å². The van der Waals surface area contributed by atoms with Crippen molar-refractivity contribution >= 4 is 11.9 Å². The Kier molecular flexibility index (Phi) is 6.30. The quantitative estimate of drug-likeness (QED) is 0.564. The van der Waals surface area contributed by atoms with Crippen molar-refractivity contribution in [3.63, 3.8) is 0 Å². The summed E-state index contributed by atoms with van der Waals surface area (Å²) in [6.45, 7) is 4.44. The summed E-state index contributed by atoms with van der Waals surface area (Å²) in [5.41, 5.74) is 0.611. The number of hydrogen-bond acceptors (Lipinski definition) is 5. The Labute approximate surface area is 117 Å². The fourth-order valence-electron chi connectivity index (χ4n) is 1.73. The predicted octanol–water partition coefficient (Wildman–Crippen LogP) is 2.15. The van der Waals surface area contributed by atoms with Crippen molar-refractivity contribution in [3.8, 4) is 6.07 Å². The summed E-state index contributed by atoms with van der Waals surface area (Å²) in [5.74, 6) is -0.961. The highest BCUT2D eigenvalue weighted by Gasteiger charge is 2.18. The zero-order valence-corrected chi connectivity index (χ0v) is 11.7. The van der Waals surface area contributed by atoms with Gasteiger partial charge in [-0.25, -0.2) is 9.59 Å². The second kappa shape index (κ2) is 8.00. The minimum Gasteiger partial charge on any atom is -0.462 e. The number of unbranched alkanes of at least 4 members (excludes halogenated alkanes) is 1. The third-order valence-corrected chi connectivity index (χ3v) is 2.58. The number of rotatable bonds is 7. The maximum atomic E-state index is 11.8. The first kappa shape index (κ1) is 15.8. The minimum absolute atomic E-state index is 0.261. The van der Waals surface area contributed by atoms with Gasteiger partial charge in [0.1, 0.15) is 5.69 Å². The van der Waals surface area contributed by atoms with Crippen LogP contribution < -0.4 is 0 Å². The Balaban J connectivity index is 2.95. The highest BCUT2D eigenvalue weighted by Crippen LogP contribution is 2.13. The lowest BCUT2D eigenvalue weighted by atomic mass is 10.3. The molecule has 108 valence electrons. The summed E-state index contributed by atoms with van der Waals surface area (Å²) in [7, 11) is 0. The monoisotopic (exact) mass is 278 g/mol. The van der Waals surface area contributed by atoms with Gasteiger partial charge in [-0.2, -0.15) is 5.26 Å². The molecule has 0 amide bonds. The van der Waals surface area contributed by atoms with Crippen LogP contribution in [0.1, 0.15) is 47.5 Å². The topological polar surface area (TPSA) is 81.3 Å². The number of carbonyl (C=O) groups is 2. The molecule has 0 radical (unpaired) electrons. The standard InChI is InChI=1S/C14H18N2O4/c1-3-19-13(17)11-9-12(14(18)20-4-2)16(10-11)8-6-5-7-15/h9-10H,3-6,8H2,1-2H3. The van der Waals surface area contributed by atoms with Crippen molar-refractivity contribution in [2.45, 2.75) is 33.2 Å². The molecule has 0 fully saturated rings. The molecule has 0 saturated heterocycles. The maximum absolute atomic E-state index is 11.8. The molecule has 0 aliphatic carbocycles. The van der Waals surface area contributed by atoms with E-state index in [0.29, 0.717) is 30.6 Å². The first-order chi connectivity index (χ1) is 9.63. The molecule has 6 nitrogen and oxygen atoms in total. The van der Waals surface area contributed by atoms with Gasteiger partial charge in [0, 0.05) is 19.2 Å². The minimum atomic E-state index is -0.486. The molecule has 0 atom stereocenters. The second-order valence-electron chi connectivity index (χ2n) is 4.01.